The molecule has 5 N–H and O–H groups in total. The van der Waals surface area contributed by atoms with Gasteiger partial charge in [-0.1, -0.05) is 6.92 Å². The molecule has 19 heavy (non-hydrogen) atoms. The number of carboxylic acids is 2. The summed E-state index contributed by atoms with van der Waals surface area (Å²) in [6, 6.07) is 0. The van der Waals surface area contributed by atoms with Gasteiger partial charge in [-0.05, 0) is 6.42 Å². The Labute approximate surface area is 108 Å². The van der Waals surface area contributed by atoms with Gasteiger partial charge in [0.1, 0.15) is 18.3 Å². The second-order valence-corrected chi connectivity index (χ2v) is 4.11. The van der Waals surface area contributed by atoms with Crippen LogP contribution < -0.4 is 0 Å². The van der Waals surface area contributed by atoms with Gasteiger partial charge in [0.05, 0.1) is 0 Å². The monoisotopic (exact) mass is 280 g/mol. The highest BCUT2D eigenvalue weighted by Gasteiger charge is 2.48. The quantitative estimate of drug-likeness (QED) is 0.376. The molecule has 0 bridgehead atoms. The first-order chi connectivity index (χ1) is 8.79. The maximum Gasteiger partial charge on any atom is 0.335 e. The molecule has 0 radical (unpaired) electrons. The minimum atomic E-state index is -1.84. The van der Waals surface area contributed by atoms with Crippen LogP contribution in [-0.4, -0.2) is 74.3 Å². The Bertz CT molecular complexity index is 342. The molecule has 1 aliphatic rings. The summed E-state index contributed by atoms with van der Waals surface area (Å²) in [5, 5.41) is 46.1. The number of ether oxygens (including phenoxy) is 2. The standard InChI is InChI=1S/C10H16O9/c1-2-3(8(14)15)18-10-6(13)4(11)5(12)7(19-10)9(16)17/h3-7,10-13H,2H2,1H3,(H,14,15)(H,16,17)/t3?,4?,5-,6+,7?,10-/m1/s1. The number of carbonyl (C=O) groups is 2. The third-order valence-electron chi connectivity index (χ3n) is 2.76. The van der Waals surface area contributed by atoms with Crippen molar-refractivity contribution in [3.8, 4) is 0 Å². The Balaban J connectivity index is 2.82. The third-order valence-corrected chi connectivity index (χ3v) is 2.76. The Kier molecular flexibility index (Phi) is 5.20. The minimum absolute atomic E-state index is 0.0539. The fraction of sp³-hybridized carbons (Fsp3) is 0.800. The van der Waals surface area contributed by atoms with Crippen LogP contribution in [-0.2, 0) is 19.1 Å². The lowest BCUT2D eigenvalue weighted by molar-refractivity contribution is -0.303. The van der Waals surface area contributed by atoms with Gasteiger partial charge < -0.3 is 35.0 Å². The Morgan fingerprint density at radius 2 is 1.74 bits per heavy atom. The van der Waals surface area contributed by atoms with E-state index in [0.717, 1.165) is 0 Å². The number of aliphatic hydroxyl groups is 3. The van der Waals surface area contributed by atoms with Crippen molar-refractivity contribution in [1.82, 2.24) is 0 Å². The molecule has 9 nitrogen and oxygen atoms in total. The molecule has 0 aromatic heterocycles. The van der Waals surface area contributed by atoms with Crippen LogP contribution in [0.5, 0.6) is 0 Å². The zero-order valence-electron chi connectivity index (χ0n) is 10.0. The van der Waals surface area contributed by atoms with E-state index < -0.39 is 48.7 Å². The number of aliphatic carboxylic acids is 2. The van der Waals surface area contributed by atoms with Crippen molar-refractivity contribution in [3.05, 3.63) is 0 Å². The SMILES string of the molecule is CCC(O[C@@H]1OC(C(=O)O)[C@H](O)C(O)[C@@H]1O)C(=O)O. The predicted molar refractivity (Wildman–Crippen MR) is 57.1 cm³/mol. The smallest absolute Gasteiger partial charge is 0.335 e. The minimum Gasteiger partial charge on any atom is -0.479 e. The number of rotatable bonds is 5. The first kappa shape index (κ1) is 15.8. The van der Waals surface area contributed by atoms with Crippen molar-refractivity contribution in [2.45, 2.75) is 50.2 Å². The van der Waals surface area contributed by atoms with Crippen molar-refractivity contribution in [2.24, 2.45) is 0 Å². The van der Waals surface area contributed by atoms with Crippen molar-refractivity contribution in [2.75, 3.05) is 0 Å². The van der Waals surface area contributed by atoms with Gasteiger partial charge >= 0.3 is 11.9 Å². The van der Waals surface area contributed by atoms with Crippen LogP contribution in [0.15, 0.2) is 0 Å². The van der Waals surface area contributed by atoms with E-state index in [0.29, 0.717) is 0 Å². The summed E-state index contributed by atoms with van der Waals surface area (Å²) in [5.41, 5.74) is 0. The van der Waals surface area contributed by atoms with Crippen molar-refractivity contribution >= 4 is 11.9 Å². The molecule has 1 saturated heterocycles. The topological polar surface area (TPSA) is 154 Å². The van der Waals surface area contributed by atoms with Gasteiger partial charge in [0.15, 0.2) is 18.5 Å². The zero-order valence-corrected chi connectivity index (χ0v) is 10.0. The summed E-state index contributed by atoms with van der Waals surface area (Å²) in [4.78, 5) is 21.6. The summed E-state index contributed by atoms with van der Waals surface area (Å²) >= 11 is 0. The number of aliphatic hydroxyl groups excluding tert-OH is 3. The molecule has 0 aromatic rings. The second kappa shape index (κ2) is 6.26. The van der Waals surface area contributed by atoms with E-state index in [1.807, 2.05) is 0 Å². The van der Waals surface area contributed by atoms with Gasteiger partial charge in [-0.2, -0.15) is 0 Å². The van der Waals surface area contributed by atoms with E-state index in [9.17, 15) is 24.9 Å². The van der Waals surface area contributed by atoms with E-state index in [2.05, 4.69) is 0 Å². The molecule has 0 spiro atoms. The zero-order chi connectivity index (χ0) is 14.7. The predicted octanol–water partition coefficient (Wildman–Crippen LogP) is -2.24. The van der Waals surface area contributed by atoms with Crippen LogP contribution in [0.2, 0.25) is 0 Å². The summed E-state index contributed by atoms with van der Waals surface area (Å²) < 4.78 is 9.69. The summed E-state index contributed by atoms with van der Waals surface area (Å²) in [6.07, 6.45) is -10.1. The molecule has 0 aromatic carbocycles. The normalized spacial score (nSPS) is 36.7. The molecule has 1 aliphatic heterocycles. The number of carboxylic acid groups (broad SMARTS) is 2. The van der Waals surface area contributed by atoms with Gasteiger partial charge in [-0.15, -0.1) is 0 Å². The number of hydrogen-bond donors (Lipinski definition) is 5. The van der Waals surface area contributed by atoms with Gasteiger partial charge in [-0.25, -0.2) is 9.59 Å². The Morgan fingerprint density at radius 1 is 1.16 bits per heavy atom. The molecule has 9 heteroatoms. The lowest BCUT2D eigenvalue weighted by Gasteiger charge is -2.39. The van der Waals surface area contributed by atoms with Gasteiger partial charge in [0.2, 0.25) is 0 Å². The van der Waals surface area contributed by atoms with E-state index in [1.165, 1.54) is 6.92 Å². The highest BCUT2D eigenvalue weighted by molar-refractivity contribution is 5.73. The van der Waals surface area contributed by atoms with Gasteiger partial charge in [-0.3, -0.25) is 0 Å². The molecule has 1 fully saturated rings. The van der Waals surface area contributed by atoms with E-state index >= 15 is 0 Å². The molecule has 3 unspecified atom stereocenters. The fourth-order valence-corrected chi connectivity index (χ4v) is 1.66. The first-order valence-corrected chi connectivity index (χ1v) is 5.60. The van der Waals surface area contributed by atoms with Crippen LogP contribution in [0.25, 0.3) is 0 Å². The van der Waals surface area contributed by atoms with Crippen LogP contribution in [0.1, 0.15) is 13.3 Å². The van der Waals surface area contributed by atoms with Crippen molar-refractivity contribution in [3.63, 3.8) is 0 Å². The number of hydrogen-bond acceptors (Lipinski definition) is 7. The first-order valence-electron chi connectivity index (χ1n) is 5.60. The van der Waals surface area contributed by atoms with E-state index in [1.54, 1.807) is 0 Å². The third kappa shape index (κ3) is 3.39. The maximum absolute atomic E-state index is 10.8. The lowest BCUT2D eigenvalue weighted by Crippen LogP contribution is -2.61. The Morgan fingerprint density at radius 3 is 2.16 bits per heavy atom. The van der Waals surface area contributed by atoms with Crippen LogP contribution in [0, 0.1) is 0 Å². The van der Waals surface area contributed by atoms with Crippen LogP contribution >= 0.6 is 0 Å². The van der Waals surface area contributed by atoms with Gasteiger partial charge in [0, 0.05) is 0 Å². The van der Waals surface area contributed by atoms with Crippen LogP contribution in [0.4, 0.5) is 0 Å². The van der Waals surface area contributed by atoms with E-state index in [4.69, 9.17) is 19.7 Å². The van der Waals surface area contributed by atoms with E-state index in [-0.39, 0.29) is 6.42 Å². The Hall–Kier alpha value is -1.26. The fourth-order valence-electron chi connectivity index (χ4n) is 1.66. The molecule has 0 aliphatic carbocycles. The molecule has 1 heterocycles. The summed E-state index contributed by atoms with van der Waals surface area (Å²) in [5.74, 6) is -2.87. The summed E-state index contributed by atoms with van der Waals surface area (Å²) in [7, 11) is 0. The van der Waals surface area contributed by atoms with Crippen molar-refractivity contribution in [1.29, 1.82) is 0 Å². The van der Waals surface area contributed by atoms with Crippen LogP contribution in [0.3, 0.4) is 0 Å². The van der Waals surface area contributed by atoms with Gasteiger partial charge in [0.25, 0.3) is 0 Å². The average Bonchev–Trinajstić information content (AvgIpc) is 2.34. The van der Waals surface area contributed by atoms with Crippen molar-refractivity contribution < 1.29 is 44.6 Å². The highest BCUT2D eigenvalue weighted by atomic mass is 16.7. The molecular weight excluding hydrogens is 264 g/mol. The highest BCUT2D eigenvalue weighted by Crippen LogP contribution is 2.23. The largest absolute Gasteiger partial charge is 0.479 e. The maximum atomic E-state index is 10.8. The summed E-state index contributed by atoms with van der Waals surface area (Å²) in [6.45, 7) is 1.51. The molecule has 0 saturated carbocycles. The average molecular weight is 280 g/mol. The molecular formula is C10H16O9. The molecule has 6 atom stereocenters. The molecule has 110 valence electrons. The lowest BCUT2D eigenvalue weighted by atomic mass is 9.99. The molecule has 1 rings (SSSR count). The molecule has 0 amide bonds. The second-order valence-electron chi connectivity index (χ2n) is 4.11.